The van der Waals surface area contributed by atoms with Crippen molar-refractivity contribution in [1.29, 1.82) is 0 Å². The summed E-state index contributed by atoms with van der Waals surface area (Å²) in [6.45, 7) is 0. The Morgan fingerprint density at radius 1 is 0.118 bits per heavy atom. The van der Waals surface area contributed by atoms with Gasteiger partial charge in [-0.3, -0.25) is 0 Å². The number of cyclic esters (lactones) is 16. The van der Waals surface area contributed by atoms with Gasteiger partial charge in [0.05, 0.1) is 89.0 Å². The van der Waals surface area contributed by atoms with Crippen molar-refractivity contribution in [2.45, 2.75) is 0 Å². The monoisotopic (exact) mass is 2110 g/mol. The fourth-order valence-electron chi connectivity index (χ4n) is 20.2. The molecule has 28 rings (SSSR count). The Labute approximate surface area is 759 Å². The van der Waals surface area contributed by atoms with Crippen LogP contribution >= 0.6 is 112 Å². The molecule has 8 heterocycles. The van der Waals surface area contributed by atoms with E-state index in [1.165, 1.54) is 0 Å². The van der Waals surface area contributed by atoms with Crippen molar-refractivity contribution in [3.8, 4) is 0 Å². The highest BCUT2D eigenvalue weighted by molar-refractivity contribution is 9.11. The zero-order chi connectivity index (χ0) is 87.3. The number of fused-ring (bicyclic) bond motifs is 8. The summed E-state index contributed by atoms with van der Waals surface area (Å²) in [5.41, 5.74) is 5.01. The van der Waals surface area contributed by atoms with Crippen LogP contribution in [0.25, 0.3) is 172 Å². The molecular formula is C96H25Br7O24. The molecule has 8 aliphatic rings. The number of benzene rings is 20. The normalized spacial score (nSPS) is 15.3. The number of ether oxygens (including phenoxy) is 8. The second-order valence-electron chi connectivity index (χ2n) is 30.8. The smallest absolute Gasteiger partial charge is 0.346 e. The van der Waals surface area contributed by atoms with Crippen LogP contribution in [0.2, 0.25) is 0 Å². The van der Waals surface area contributed by atoms with Crippen LogP contribution in [0.1, 0.15) is 166 Å². The number of carbonyl (C=O) groups excluding carboxylic acids is 16. The minimum absolute atomic E-state index is 0.285. The van der Waals surface area contributed by atoms with E-state index in [1.807, 2.05) is 24.3 Å². The summed E-state index contributed by atoms with van der Waals surface area (Å²) >= 11 is 25.2. The molecule has 20 aromatic carbocycles. The maximum Gasteiger partial charge on any atom is 0.346 e. The van der Waals surface area contributed by atoms with Gasteiger partial charge in [0.1, 0.15) is 0 Å². The molecule has 8 aliphatic heterocycles. The molecule has 0 N–H and O–H groups in total. The molecule has 31 heteroatoms. The molecule has 0 aliphatic carbocycles. The summed E-state index contributed by atoms with van der Waals surface area (Å²) in [5.74, 6) is -11.0. The molecular weight excluding hydrogens is 2100 g/mol. The summed E-state index contributed by atoms with van der Waals surface area (Å²) in [6, 6.07) is 42.6. The molecule has 602 valence electrons. The quantitative estimate of drug-likeness (QED) is 0.0447. The van der Waals surface area contributed by atoms with Crippen molar-refractivity contribution < 1.29 is 115 Å². The van der Waals surface area contributed by atoms with Gasteiger partial charge in [-0.25, -0.2) is 76.7 Å². The molecule has 0 bridgehead atoms. The lowest BCUT2D eigenvalue weighted by atomic mass is 9.83. The topological polar surface area (TPSA) is 347 Å². The highest BCUT2D eigenvalue weighted by Gasteiger charge is 2.42. The molecule has 0 fully saturated rings. The standard InChI is InChI=1S/C24H5Br3O6.2C24H6Br2O6.C24H8O6/c25-11-3-9-15-10(24(31)33-23(9)30)5-13(27)19-18-12(26)4-8-14-7(21(28)32-22(8)29)2-1-6(17(14)18)16(11)20(15)19;25-13-5-12-16-10(22(28)32-24(12)30)4-2-8-18-14(26)6-11-15-9(21(27)31-23(11)29)3-1-7(19(15)18)17(13)20(8)16;25-13-5-11-17-12(24(30)32-23(11)29)6-14(26)19-8-2-4-10-16-9(21(27)31-22(10)28)3-1-7(15(8)16)18(13)20(17)19;25-21-13-5-1-9-10-2-6-15-20-16(24(28)30-23(15)27)8-4-12(18(10)20)11-3-7-14(22(26)29-21)19(13)17(9)11/h1-5H;2*1-6H;1-8H. The van der Waals surface area contributed by atoms with E-state index in [9.17, 15) is 76.7 Å². The first kappa shape index (κ1) is 75.6. The first-order chi connectivity index (χ1) is 61.0. The second-order valence-corrected chi connectivity index (χ2v) is 36.8. The zero-order valence-corrected chi connectivity index (χ0v) is 73.5. The summed E-state index contributed by atoms with van der Waals surface area (Å²) in [4.78, 5) is 199. The van der Waals surface area contributed by atoms with Gasteiger partial charge in [0.25, 0.3) is 0 Å². The van der Waals surface area contributed by atoms with E-state index in [0.29, 0.717) is 157 Å². The van der Waals surface area contributed by atoms with E-state index in [2.05, 4.69) is 112 Å². The number of hydrogen-bond donors (Lipinski definition) is 0. The highest BCUT2D eigenvalue weighted by Crippen LogP contribution is 2.57. The van der Waals surface area contributed by atoms with Crippen molar-refractivity contribution >= 4 is 379 Å². The van der Waals surface area contributed by atoms with Crippen molar-refractivity contribution in [3.05, 3.63) is 272 Å². The van der Waals surface area contributed by atoms with Crippen LogP contribution in [0, 0.1) is 0 Å². The molecule has 0 saturated heterocycles. The molecule has 0 spiro atoms. The minimum Gasteiger partial charge on any atom is -0.386 e. The Bertz CT molecular complexity index is 8830. The van der Waals surface area contributed by atoms with Crippen molar-refractivity contribution in [1.82, 2.24) is 0 Å². The fourth-order valence-corrected chi connectivity index (χ4v) is 24.6. The lowest BCUT2D eigenvalue weighted by molar-refractivity contribution is 0.0373. The van der Waals surface area contributed by atoms with Crippen molar-refractivity contribution in [3.63, 3.8) is 0 Å². The van der Waals surface area contributed by atoms with Gasteiger partial charge in [0, 0.05) is 139 Å². The number of halogens is 7. The van der Waals surface area contributed by atoms with Crippen molar-refractivity contribution in [2.75, 3.05) is 0 Å². The largest absolute Gasteiger partial charge is 0.386 e. The van der Waals surface area contributed by atoms with Crippen LogP contribution in [0.15, 0.2) is 183 Å². The van der Waals surface area contributed by atoms with E-state index in [4.69, 9.17) is 37.9 Å². The van der Waals surface area contributed by atoms with Gasteiger partial charge in [-0.05, 0) is 162 Å². The first-order valence-electron chi connectivity index (χ1n) is 37.8. The molecule has 127 heavy (non-hydrogen) atoms. The predicted octanol–water partition coefficient (Wildman–Crippen LogP) is 22.8. The Morgan fingerprint density at radius 2 is 0.244 bits per heavy atom. The van der Waals surface area contributed by atoms with Gasteiger partial charge >= 0.3 is 95.5 Å². The van der Waals surface area contributed by atoms with E-state index >= 15 is 0 Å². The molecule has 0 unspecified atom stereocenters. The van der Waals surface area contributed by atoms with Gasteiger partial charge in [-0.15, -0.1) is 0 Å². The number of carbonyl (C=O) groups is 16. The van der Waals surface area contributed by atoms with Crippen LogP contribution < -0.4 is 0 Å². The molecule has 20 aromatic rings. The van der Waals surface area contributed by atoms with Gasteiger partial charge in [-0.2, -0.15) is 0 Å². The SMILES string of the molecule is O=C1OC(=O)c2cc(Br)c3c4c(Br)cc5c6c(cc(Br)c(c7ccc1c2c73)c64)C(=O)OC5=O.O=C1OC(=O)c2cc(Br)c3c4ccc5c6c(cc(Br)c(c7ccc1c2c73)c64)C(=O)OC5=O.O=C1OC(=O)c2ccc3c4c(Br)cc5c6c(cc(Br)c(c7ccc1c2c73)c64)C(=O)OC5=O.O=C1OC(=O)c2ccc3c4ccc5c6c(ccc(c7ccc1c2c73)c64)C(=O)OC5=O. The van der Waals surface area contributed by atoms with Gasteiger partial charge in [-0.1, -0.05) is 166 Å². The van der Waals surface area contributed by atoms with E-state index < -0.39 is 95.5 Å². The van der Waals surface area contributed by atoms with Crippen LogP contribution in [-0.2, 0) is 37.9 Å². The fraction of sp³-hybridized carbons (Fsp3) is 0. The summed E-state index contributed by atoms with van der Waals surface area (Å²) in [5, 5.41) is 22.7. The van der Waals surface area contributed by atoms with Crippen LogP contribution in [0.4, 0.5) is 0 Å². The van der Waals surface area contributed by atoms with Crippen LogP contribution in [0.3, 0.4) is 0 Å². The maximum atomic E-state index is 12.6. The van der Waals surface area contributed by atoms with Crippen LogP contribution in [0.5, 0.6) is 0 Å². The summed E-state index contributed by atoms with van der Waals surface area (Å²) in [6.07, 6.45) is 0. The van der Waals surface area contributed by atoms with E-state index in [1.54, 1.807) is 127 Å². The molecule has 0 radical (unpaired) electrons. The molecule has 0 saturated carbocycles. The number of esters is 16. The lowest BCUT2D eigenvalue weighted by Crippen LogP contribution is -2.21. The van der Waals surface area contributed by atoms with Crippen LogP contribution in [-0.4, -0.2) is 95.5 Å². The lowest BCUT2D eigenvalue weighted by Gasteiger charge is -2.24. The Morgan fingerprint density at radius 3 is 0.457 bits per heavy atom. The number of hydrogen-bond acceptors (Lipinski definition) is 24. The summed E-state index contributed by atoms with van der Waals surface area (Å²) < 4.78 is 43.7. The van der Waals surface area contributed by atoms with E-state index in [0.717, 1.165) is 118 Å². The molecule has 0 amide bonds. The third-order valence-electron chi connectivity index (χ3n) is 25.0. The van der Waals surface area contributed by atoms with E-state index in [-0.39, 0.29) is 16.7 Å². The van der Waals surface area contributed by atoms with Gasteiger partial charge < -0.3 is 37.9 Å². The third kappa shape index (κ3) is 9.65. The number of rotatable bonds is 0. The van der Waals surface area contributed by atoms with Gasteiger partial charge in [0.15, 0.2) is 0 Å². The van der Waals surface area contributed by atoms with Crippen molar-refractivity contribution in [2.24, 2.45) is 0 Å². The minimum atomic E-state index is -0.712. The average Bonchev–Trinajstić information content (AvgIpc) is 0.690. The maximum absolute atomic E-state index is 12.6. The first-order valence-corrected chi connectivity index (χ1v) is 43.4. The molecule has 0 aromatic heterocycles. The zero-order valence-electron chi connectivity index (χ0n) is 62.4. The summed E-state index contributed by atoms with van der Waals surface area (Å²) in [7, 11) is 0. The third-order valence-corrected chi connectivity index (χ3v) is 29.4. The highest BCUT2D eigenvalue weighted by atomic mass is 79.9. The Balaban J connectivity index is 0.0000000921. The predicted molar refractivity (Wildman–Crippen MR) is 482 cm³/mol. The van der Waals surface area contributed by atoms with Gasteiger partial charge in [0.2, 0.25) is 0 Å². The Kier molecular flexibility index (Phi) is 15.3. The molecule has 24 nitrogen and oxygen atoms in total. The second kappa shape index (κ2) is 25.7. The molecule has 0 atom stereocenters. The Hall–Kier alpha value is -13.9. The average molecular weight is 2120 g/mol.